The second-order valence-corrected chi connectivity index (χ2v) is 1.50. The molecule has 0 saturated heterocycles. The molecule has 0 spiro atoms. The number of alkyl halides is 1. The van der Waals surface area contributed by atoms with E-state index in [1.54, 1.807) is 0 Å². The van der Waals surface area contributed by atoms with Crippen molar-refractivity contribution in [2.75, 3.05) is 7.11 Å². The first-order valence-electron chi connectivity index (χ1n) is 2.32. The van der Waals surface area contributed by atoms with E-state index in [9.17, 15) is 14.0 Å². The summed E-state index contributed by atoms with van der Waals surface area (Å²) in [6.45, 7) is 0.988. The van der Waals surface area contributed by atoms with Crippen LogP contribution in [0.4, 0.5) is 4.39 Å². The van der Waals surface area contributed by atoms with E-state index in [-0.39, 0.29) is 0 Å². The topological polar surface area (TPSA) is 43.4 Å². The predicted octanol–water partition coefficient (Wildman–Crippen LogP) is 0.0865. The minimum atomic E-state index is -2.12. The smallest absolute Gasteiger partial charge is 0.348 e. The Morgan fingerprint density at radius 2 is 2.00 bits per heavy atom. The highest BCUT2D eigenvalue weighted by Crippen LogP contribution is 1.93. The molecule has 4 heteroatoms. The van der Waals surface area contributed by atoms with Crippen LogP contribution in [-0.4, -0.2) is 25.0 Å². The fraction of sp³-hybridized carbons (Fsp3) is 0.600. The van der Waals surface area contributed by atoms with E-state index in [2.05, 4.69) is 4.74 Å². The maximum Gasteiger partial charge on any atom is 0.348 e. The number of carbonyl (C=O) groups excluding carboxylic acids is 2. The van der Waals surface area contributed by atoms with Gasteiger partial charge in [0.15, 0.2) is 5.78 Å². The van der Waals surface area contributed by atoms with Gasteiger partial charge in [-0.05, 0) is 6.92 Å². The van der Waals surface area contributed by atoms with E-state index in [1.807, 2.05) is 0 Å². The Morgan fingerprint density at radius 1 is 1.56 bits per heavy atom. The van der Waals surface area contributed by atoms with Gasteiger partial charge in [-0.3, -0.25) is 4.79 Å². The first kappa shape index (κ1) is 8.07. The Labute approximate surface area is 51.8 Å². The summed E-state index contributed by atoms with van der Waals surface area (Å²) in [4.78, 5) is 20.2. The van der Waals surface area contributed by atoms with E-state index in [1.165, 1.54) is 0 Å². The Hall–Kier alpha value is -0.930. The lowest BCUT2D eigenvalue weighted by atomic mass is 10.3. The molecule has 9 heavy (non-hydrogen) atoms. The summed E-state index contributed by atoms with van der Waals surface area (Å²) < 4.78 is 16.0. The van der Waals surface area contributed by atoms with Crippen LogP contribution in [0, 0.1) is 0 Å². The molecule has 0 bridgehead atoms. The van der Waals surface area contributed by atoms with E-state index < -0.39 is 17.9 Å². The summed E-state index contributed by atoms with van der Waals surface area (Å²) in [6, 6.07) is 0. The lowest BCUT2D eigenvalue weighted by Crippen LogP contribution is -2.24. The van der Waals surface area contributed by atoms with Crippen LogP contribution in [0.2, 0.25) is 0 Å². The third kappa shape index (κ3) is 2.21. The summed E-state index contributed by atoms with van der Waals surface area (Å²) in [5.41, 5.74) is 0. The number of carbonyl (C=O) groups is 2. The molecule has 0 rings (SSSR count). The van der Waals surface area contributed by atoms with Crippen LogP contribution >= 0.6 is 0 Å². The lowest BCUT2D eigenvalue weighted by Gasteiger charge is -1.98. The van der Waals surface area contributed by atoms with Crippen LogP contribution in [0.1, 0.15) is 6.92 Å². The molecule has 0 aliphatic rings. The zero-order valence-corrected chi connectivity index (χ0v) is 5.18. The molecule has 52 valence electrons. The van der Waals surface area contributed by atoms with Gasteiger partial charge in [0, 0.05) is 0 Å². The molecule has 0 heterocycles. The third-order valence-electron chi connectivity index (χ3n) is 0.765. The number of halogens is 1. The molecule has 0 aliphatic heterocycles. The number of hydrogen-bond donors (Lipinski definition) is 0. The number of rotatable bonds is 2. The molecule has 0 aromatic heterocycles. The first-order valence-corrected chi connectivity index (χ1v) is 2.32. The average molecular weight is 134 g/mol. The van der Waals surface area contributed by atoms with E-state index in [0.29, 0.717) is 0 Å². The van der Waals surface area contributed by atoms with Crippen molar-refractivity contribution in [2.45, 2.75) is 13.1 Å². The van der Waals surface area contributed by atoms with Crippen LogP contribution in [0.3, 0.4) is 0 Å². The quantitative estimate of drug-likeness (QED) is 0.397. The van der Waals surface area contributed by atoms with Crippen molar-refractivity contribution < 1.29 is 18.7 Å². The fourth-order valence-corrected chi connectivity index (χ4v) is 0.269. The van der Waals surface area contributed by atoms with Crippen molar-refractivity contribution in [1.29, 1.82) is 0 Å². The number of esters is 1. The van der Waals surface area contributed by atoms with Crippen molar-refractivity contribution >= 4 is 11.8 Å². The standard InChI is InChI=1S/C5H7FO3/c1-3(7)4(6)5(8)9-2/h4H,1-2H3/t4-/m1/s1. The molecule has 3 nitrogen and oxygen atoms in total. The average Bonchev–Trinajstić information content (AvgIpc) is 1.84. The van der Waals surface area contributed by atoms with E-state index in [4.69, 9.17) is 0 Å². The fourth-order valence-electron chi connectivity index (χ4n) is 0.269. The minimum absolute atomic E-state index is 0.832. The van der Waals surface area contributed by atoms with Crippen molar-refractivity contribution in [1.82, 2.24) is 0 Å². The van der Waals surface area contributed by atoms with Crippen LogP contribution in [0.5, 0.6) is 0 Å². The Balaban J connectivity index is 3.88. The number of ether oxygens (including phenoxy) is 1. The maximum atomic E-state index is 12.1. The zero-order chi connectivity index (χ0) is 7.44. The number of Topliss-reactive ketones (excluding diaryl/α,β-unsaturated/α-hetero) is 1. The molecule has 0 N–H and O–H groups in total. The first-order chi connectivity index (χ1) is 4.09. The maximum absolute atomic E-state index is 12.1. The number of hydrogen-bond acceptors (Lipinski definition) is 3. The highest BCUT2D eigenvalue weighted by molar-refractivity contribution is 6.00. The molecule has 0 saturated carbocycles. The van der Waals surface area contributed by atoms with Gasteiger partial charge in [0.2, 0.25) is 0 Å². The monoisotopic (exact) mass is 134 g/mol. The minimum Gasteiger partial charge on any atom is -0.467 e. The molecule has 0 amide bonds. The van der Waals surface area contributed by atoms with Gasteiger partial charge in [-0.1, -0.05) is 0 Å². The lowest BCUT2D eigenvalue weighted by molar-refractivity contribution is -0.150. The van der Waals surface area contributed by atoms with Gasteiger partial charge in [0.05, 0.1) is 7.11 Å². The molecule has 0 aromatic carbocycles. The molecule has 0 aromatic rings. The van der Waals surface area contributed by atoms with Gasteiger partial charge in [-0.15, -0.1) is 0 Å². The number of ketones is 1. The van der Waals surface area contributed by atoms with Crippen LogP contribution in [-0.2, 0) is 14.3 Å². The highest BCUT2D eigenvalue weighted by atomic mass is 19.1. The number of methoxy groups -OCH3 is 1. The van der Waals surface area contributed by atoms with Crippen molar-refractivity contribution in [3.63, 3.8) is 0 Å². The van der Waals surface area contributed by atoms with Crippen molar-refractivity contribution in [2.24, 2.45) is 0 Å². The van der Waals surface area contributed by atoms with Gasteiger partial charge in [0.1, 0.15) is 0 Å². The second kappa shape index (κ2) is 3.17. The summed E-state index contributed by atoms with van der Waals surface area (Å²) >= 11 is 0. The van der Waals surface area contributed by atoms with E-state index >= 15 is 0 Å². The molecule has 1 atom stereocenters. The predicted molar refractivity (Wildman–Crippen MR) is 27.6 cm³/mol. The third-order valence-corrected chi connectivity index (χ3v) is 0.765. The zero-order valence-electron chi connectivity index (χ0n) is 5.18. The molecule has 0 unspecified atom stereocenters. The van der Waals surface area contributed by atoms with Crippen LogP contribution in [0.25, 0.3) is 0 Å². The molecule has 0 radical (unpaired) electrons. The Morgan fingerprint density at radius 3 is 2.11 bits per heavy atom. The van der Waals surface area contributed by atoms with Gasteiger partial charge >= 0.3 is 5.97 Å². The molecule has 0 aliphatic carbocycles. The SMILES string of the molecule is COC(=O)[C@H](F)C(C)=O. The van der Waals surface area contributed by atoms with Gasteiger partial charge < -0.3 is 4.74 Å². The summed E-state index contributed by atoms with van der Waals surface area (Å²) in [7, 11) is 1.03. The Kier molecular flexibility index (Phi) is 2.84. The summed E-state index contributed by atoms with van der Waals surface area (Å²) in [5, 5.41) is 0. The van der Waals surface area contributed by atoms with Gasteiger partial charge in [0.25, 0.3) is 6.17 Å². The van der Waals surface area contributed by atoms with Gasteiger partial charge in [-0.2, -0.15) is 0 Å². The van der Waals surface area contributed by atoms with Crippen LogP contribution in [0.15, 0.2) is 0 Å². The second-order valence-electron chi connectivity index (χ2n) is 1.50. The van der Waals surface area contributed by atoms with Crippen molar-refractivity contribution in [3.05, 3.63) is 0 Å². The van der Waals surface area contributed by atoms with Crippen molar-refractivity contribution in [3.8, 4) is 0 Å². The summed E-state index contributed by atoms with van der Waals surface area (Å²) in [5.74, 6) is -1.97. The largest absolute Gasteiger partial charge is 0.467 e. The highest BCUT2D eigenvalue weighted by Gasteiger charge is 2.22. The molecular formula is C5H7FO3. The molecular weight excluding hydrogens is 127 g/mol. The van der Waals surface area contributed by atoms with Crippen LogP contribution < -0.4 is 0 Å². The summed E-state index contributed by atoms with van der Waals surface area (Å²) in [6.07, 6.45) is -2.12. The Bertz CT molecular complexity index is 132. The van der Waals surface area contributed by atoms with E-state index in [0.717, 1.165) is 14.0 Å². The van der Waals surface area contributed by atoms with Gasteiger partial charge in [-0.25, -0.2) is 9.18 Å². The normalized spacial score (nSPS) is 12.3. The molecule has 0 fully saturated rings.